The van der Waals surface area contributed by atoms with E-state index in [9.17, 15) is 4.39 Å². The molecule has 3 heteroatoms. The Morgan fingerprint density at radius 1 is 1.30 bits per heavy atom. The van der Waals surface area contributed by atoms with Gasteiger partial charge < -0.3 is 10.1 Å². The first-order valence-corrected chi connectivity index (χ1v) is 7.80. The molecule has 112 valence electrons. The van der Waals surface area contributed by atoms with Gasteiger partial charge in [0.1, 0.15) is 5.82 Å². The van der Waals surface area contributed by atoms with Crippen LogP contribution in [0.4, 0.5) is 4.39 Å². The molecule has 1 aliphatic carbocycles. The highest BCUT2D eigenvalue weighted by Gasteiger charge is 2.21. The molecule has 0 amide bonds. The Balaban J connectivity index is 1.77. The van der Waals surface area contributed by atoms with Crippen LogP contribution in [0.1, 0.15) is 31.7 Å². The van der Waals surface area contributed by atoms with Crippen molar-refractivity contribution in [1.82, 2.24) is 5.32 Å². The lowest BCUT2D eigenvalue weighted by molar-refractivity contribution is 0.0907. The van der Waals surface area contributed by atoms with E-state index in [2.05, 4.69) is 12.2 Å². The van der Waals surface area contributed by atoms with Gasteiger partial charge in [0.05, 0.1) is 6.61 Å². The zero-order valence-corrected chi connectivity index (χ0v) is 12.4. The maximum atomic E-state index is 12.9. The first-order chi connectivity index (χ1) is 9.78. The molecular formula is C17H26FNO. The first kappa shape index (κ1) is 15.5. The van der Waals surface area contributed by atoms with Gasteiger partial charge in [0.15, 0.2) is 0 Å². The molecule has 0 spiro atoms. The summed E-state index contributed by atoms with van der Waals surface area (Å²) in [6.45, 7) is 5.89. The summed E-state index contributed by atoms with van der Waals surface area (Å²) in [5.41, 5.74) is 1.18. The van der Waals surface area contributed by atoms with Gasteiger partial charge in [0.25, 0.3) is 0 Å². The van der Waals surface area contributed by atoms with Crippen LogP contribution in [0.15, 0.2) is 24.3 Å². The number of nitrogens with one attached hydrogen (secondary N) is 1. The fraction of sp³-hybridized carbons (Fsp3) is 0.647. The second-order valence-electron chi connectivity index (χ2n) is 5.88. The van der Waals surface area contributed by atoms with Crippen molar-refractivity contribution in [1.29, 1.82) is 0 Å². The van der Waals surface area contributed by atoms with E-state index in [-0.39, 0.29) is 5.82 Å². The van der Waals surface area contributed by atoms with Crippen molar-refractivity contribution in [3.63, 3.8) is 0 Å². The SMILES string of the molecule is CCCNCC(COCC1CC1)Cc1ccc(F)cc1. The molecule has 1 saturated carbocycles. The van der Waals surface area contributed by atoms with E-state index in [1.165, 1.54) is 30.5 Å². The molecular weight excluding hydrogens is 253 g/mol. The molecule has 0 saturated heterocycles. The lowest BCUT2D eigenvalue weighted by Crippen LogP contribution is -2.28. The maximum Gasteiger partial charge on any atom is 0.123 e. The quantitative estimate of drug-likeness (QED) is 0.663. The predicted octanol–water partition coefficient (Wildman–Crippen LogP) is 3.41. The Bertz CT molecular complexity index is 375. The molecule has 1 atom stereocenters. The van der Waals surface area contributed by atoms with Gasteiger partial charge in [0, 0.05) is 13.2 Å². The molecule has 2 nitrogen and oxygen atoms in total. The molecule has 20 heavy (non-hydrogen) atoms. The van der Waals surface area contributed by atoms with Crippen LogP contribution in [0.5, 0.6) is 0 Å². The Morgan fingerprint density at radius 3 is 2.70 bits per heavy atom. The van der Waals surface area contributed by atoms with Gasteiger partial charge in [-0.1, -0.05) is 19.1 Å². The molecule has 0 radical (unpaired) electrons. The summed E-state index contributed by atoms with van der Waals surface area (Å²) in [5.74, 6) is 1.11. The summed E-state index contributed by atoms with van der Waals surface area (Å²) in [6.07, 6.45) is 4.75. The summed E-state index contributed by atoms with van der Waals surface area (Å²) in [7, 11) is 0. The van der Waals surface area contributed by atoms with Crippen molar-refractivity contribution in [2.45, 2.75) is 32.6 Å². The largest absolute Gasteiger partial charge is 0.381 e. The Labute approximate surface area is 121 Å². The van der Waals surface area contributed by atoms with Gasteiger partial charge in [-0.15, -0.1) is 0 Å². The lowest BCUT2D eigenvalue weighted by atomic mass is 10.00. The van der Waals surface area contributed by atoms with Crippen LogP contribution in [0.2, 0.25) is 0 Å². The van der Waals surface area contributed by atoms with E-state index in [1.54, 1.807) is 0 Å². The van der Waals surface area contributed by atoms with E-state index in [1.807, 2.05) is 12.1 Å². The highest BCUT2D eigenvalue weighted by Crippen LogP contribution is 2.29. The molecule has 1 aromatic carbocycles. The van der Waals surface area contributed by atoms with E-state index < -0.39 is 0 Å². The van der Waals surface area contributed by atoms with E-state index >= 15 is 0 Å². The van der Waals surface area contributed by atoms with Crippen molar-refractivity contribution in [3.05, 3.63) is 35.6 Å². The number of rotatable bonds is 10. The highest BCUT2D eigenvalue weighted by atomic mass is 19.1. The molecule has 2 rings (SSSR count). The Kier molecular flexibility index (Phi) is 6.48. The Morgan fingerprint density at radius 2 is 2.05 bits per heavy atom. The van der Waals surface area contributed by atoms with Crippen molar-refractivity contribution in [3.8, 4) is 0 Å². The van der Waals surface area contributed by atoms with Crippen molar-refractivity contribution in [2.24, 2.45) is 11.8 Å². The summed E-state index contributed by atoms with van der Waals surface area (Å²) < 4.78 is 18.8. The molecule has 1 aromatic rings. The van der Waals surface area contributed by atoms with Gasteiger partial charge in [-0.2, -0.15) is 0 Å². The average Bonchev–Trinajstić information content (AvgIpc) is 3.25. The fourth-order valence-corrected chi connectivity index (χ4v) is 2.31. The lowest BCUT2D eigenvalue weighted by Gasteiger charge is -2.18. The van der Waals surface area contributed by atoms with Crippen LogP contribution in [-0.4, -0.2) is 26.3 Å². The van der Waals surface area contributed by atoms with E-state index in [4.69, 9.17) is 4.74 Å². The summed E-state index contributed by atoms with van der Waals surface area (Å²) >= 11 is 0. The van der Waals surface area contributed by atoms with E-state index in [0.29, 0.717) is 5.92 Å². The number of ether oxygens (including phenoxy) is 1. The van der Waals surface area contributed by atoms with Gasteiger partial charge >= 0.3 is 0 Å². The molecule has 1 aliphatic rings. The Hall–Kier alpha value is -0.930. The van der Waals surface area contributed by atoms with Gasteiger partial charge in [-0.05, 0) is 61.8 Å². The summed E-state index contributed by atoms with van der Waals surface area (Å²) in [4.78, 5) is 0. The molecule has 1 fully saturated rings. The second-order valence-corrected chi connectivity index (χ2v) is 5.88. The minimum Gasteiger partial charge on any atom is -0.381 e. The third-order valence-electron chi connectivity index (χ3n) is 3.70. The number of benzene rings is 1. The maximum absolute atomic E-state index is 12.9. The minimum atomic E-state index is -0.167. The van der Waals surface area contributed by atoms with Crippen molar-refractivity contribution < 1.29 is 9.13 Å². The molecule has 0 bridgehead atoms. The smallest absolute Gasteiger partial charge is 0.123 e. The number of hydrogen-bond donors (Lipinski definition) is 1. The first-order valence-electron chi connectivity index (χ1n) is 7.80. The number of hydrogen-bond acceptors (Lipinski definition) is 2. The van der Waals surface area contributed by atoms with Gasteiger partial charge in [-0.25, -0.2) is 4.39 Å². The molecule has 1 N–H and O–H groups in total. The summed E-state index contributed by atoms with van der Waals surface area (Å²) in [6, 6.07) is 6.83. The zero-order valence-electron chi connectivity index (χ0n) is 12.4. The van der Waals surface area contributed by atoms with Crippen LogP contribution < -0.4 is 5.32 Å². The minimum absolute atomic E-state index is 0.167. The predicted molar refractivity (Wildman–Crippen MR) is 80.3 cm³/mol. The van der Waals surface area contributed by atoms with Crippen LogP contribution >= 0.6 is 0 Å². The van der Waals surface area contributed by atoms with E-state index in [0.717, 1.165) is 45.1 Å². The highest BCUT2D eigenvalue weighted by molar-refractivity contribution is 5.16. The average molecular weight is 279 g/mol. The van der Waals surface area contributed by atoms with Gasteiger partial charge in [0.2, 0.25) is 0 Å². The second kappa shape index (κ2) is 8.38. The van der Waals surface area contributed by atoms with Crippen LogP contribution in [0, 0.1) is 17.7 Å². The van der Waals surface area contributed by atoms with Gasteiger partial charge in [-0.3, -0.25) is 0 Å². The molecule has 0 aliphatic heterocycles. The topological polar surface area (TPSA) is 21.3 Å². The van der Waals surface area contributed by atoms with Crippen LogP contribution in [-0.2, 0) is 11.2 Å². The zero-order chi connectivity index (χ0) is 14.2. The third-order valence-corrected chi connectivity index (χ3v) is 3.70. The standard InChI is InChI=1S/C17H26FNO/c1-2-9-19-11-16(13-20-12-15-3-4-15)10-14-5-7-17(18)8-6-14/h5-8,15-16,19H,2-4,9-13H2,1H3. The van der Waals surface area contributed by atoms with Crippen LogP contribution in [0.3, 0.4) is 0 Å². The van der Waals surface area contributed by atoms with Crippen molar-refractivity contribution >= 4 is 0 Å². The summed E-state index contributed by atoms with van der Waals surface area (Å²) in [5, 5.41) is 3.47. The fourth-order valence-electron chi connectivity index (χ4n) is 2.31. The molecule has 1 unspecified atom stereocenters. The number of halogens is 1. The normalized spacial score (nSPS) is 16.3. The third kappa shape index (κ3) is 6.02. The van der Waals surface area contributed by atoms with Crippen LogP contribution in [0.25, 0.3) is 0 Å². The monoisotopic (exact) mass is 279 g/mol. The van der Waals surface area contributed by atoms with Crippen molar-refractivity contribution in [2.75, 3.05) is 26.3 Å². The molecule has 0 heterocycles. The molecule has 0 aromatic heterocycles.